The van der Waals surface area contributed by atoms with Crippen molar-refractivity contribution >= 4 is 0 Å². The van der Waals surface area contributed by atoms with Gasteiger partial charge in [-0.15, -0.1) is 0 Å². The predicted octanol–water partition coefficient (Wildman–Crippen LogP) is 0.599. The number of aliphatic hydroxyl groups is 1. The number of rotatable bonds is 7. The summed E-state index contributed by atoms with van der Waals surface area (Å²) in [6.07, 6.45) is 1.06. The fourth-order valence-electron chi connectivity index (χ4n) is 1.31. The van der Waals surface area contributed by atoms with E-state index in [0.717, 1.165) is 12.2 Å². The summed E-state index contributed by atoms with van der Waals surface area (Å²) in [6, 6.07) is 1.80. The molecule has 0 amide bonds. The van der Waals surface area contributed by atoms with Crippen LogP contribution in [-0.2, 0) is 16.0 Å². The average Bonchev–Trinajstić information content (AvgIpc) is 2.72. The number of methoxy groups -OCH3 is 1. The monoisotopic (exact) mass is 214 g/mol. The fraction of sp³-hybridized carbons (Fsp3) is 0.700. The van der Waals surface area contributed by atoms with Gasteiger partial charge in [-0.25, -0.2) is 0 Å². The maximum atomic E-state index is 9.79. The van der Waals surface area contributed by atoms with E-state index in [1.165, 1.54) is 0 Å². The molecule has 0 radical (unpaired) electrons. The van der Waals surface area contributed by atoms with Crippen molar-refractivity contribution in [2.24, 2.45) is 0 Å². The van der Waals surface area contributed by atoms with Crippen molar-refractivity contribution in [3.8, 4) is 0 Å². The van der Waals surface area contributed by atoms with E-state index in [9.17, 15) is 5.11 Å². The molecule has 15 heavy (non-hydrogen) atoms. The van der Waals surface area contributed by atoms with Crippen molar-refractivity contribution in [2.75, 3.05) is 26.9 Å². The lowest BCUT2D eigenvalue weighted by molar-refractivity contribution is 0.00943. The number of hydrogen-bond donors (Lipinski definition) is 1. The second-order valence-corrected chi connectivity index (χ2v) is 3.16. The third-order valence-corrected chi connectivity index (χ3v) is 2.10. The molecule has 1 unspecified atom stereocenters. The molecule has 1 heterocycles. The minimum absolute atomic E-state index is 0.273. The van der Waals surface area contributed by atoms with E-state index in [-0.39, 0.29) is 6.61 Å². The molecule has 0 aliphatic carbocycles. The van der Waals surface area contributed by atoms with E-state index in [1.807, 2.05) is 6.92 Å². The summed E-state index contributed by atoms with van der Waals surface area (Å²) in [4.78, 5) is 0. The lowest BCUT2D eigenvalue weighted by Crippen LogP contribution is -2.14. The molecule has 0 saturated heterocycles. The first kappa shape index (κ1) is 12.2. The molecule has 5 nitrogen and oxygen atoms in total. The summed E-state index contributed by atoms with van der Waals surface area (Å²) < 4.78 is 11.8. The molecule has 0 aromatic carbocycles. The van der Waals surface area contributed by atoms with Crippen LogP contribution in [0.1, 0.15) is 18.7 Å². The fourth-order valence-corrected chi connectivity index (χ4v) is 1.31. The SMILES string of the molecule is CCn1nccc1C(O)COCCOC. The zero-order chi connectivity index (χ0) is 11.1. The highest BCUT2D eigenvalue weighted by Crippen LogP contribution is 2.12. The highest BCUT2D eigenvalue weighted by molar-refractivity contribution is 5.04. The number of aromatic nitrogens is 2. The molecule has 0 bridgehead atoms. The average molecular weight is 214 g/mol. The largest absolute Gasteiger partial charge is 0.384 e. The maximum Gasteiger partial charge on any atom is 0.119 e. The van der Waals surface area contributed by atoms with Gasteiger partial charge in [0.1, 0.15) is 6.10 Å². The number of aliphatic hydroxyl groups excluding tert-OH is 1. The molecule has 86 valence electrons. The van der Waals surface area contributed by atoms with Gasteiger partial charge in [-0.05, 0) is 13.0 Å². The Labute approximate surface area is 89.6 Å². The van der Waals surface area contributed by atoms with E-state index < -0.39 is 6.10 Å². The van der Waals surface area contributed by atoms with E-state index >= 15 is 0 Å². The first-order valence-electron chi connectivity index (χ1n) is 5.06. The molecule has 5 heteroatoms. The van der Waals surface area contributed by atoms with Gasteiger partial charge in [0.2, 0.25) is 0 Å². The number of nitrogens with zero attached hydrogens (tertiary/aromatic N) is 2. The molecule has 1 aromatic rings. The van der Waals surface area contributed by atoms with Gasteiger partial charge in [0, 0.05) is 19.9 Å². The molecule has 1 N–H and O–H groups in total. The lowest BCUT2D eigenvalue weighted by atomic mass is 10.2. The van der Waals surface area contributed by atoms with Crippen LogP contribution in [0.4, 0.5) is 0 Å². The van der Waals surface area contributed by atoms with Crippen LogP contribution in [0.15, 0.2) is 12.3 Å². The minimum atomic E-state index is -0.621. The molecule has 1 atom stereocenters. The van der Waals surface area contributed by atoms with Gasteiger partial charge in [-0.3, -0.25) is 4.68 Å². The van der Waals surface area contributed by atoms with Gasteiger partial charge in [-0.2, -0.15) is 5.10 Å². The standard InChI is InChI=1S/C10H18N2O3/c1-3-12-9(4-5-11-12)10(13)8-15-7-6-14-2/h4-5,10,13H,3,6-8H2,1-2H3. The number of hydrogen-bond acceptors (Lipinski definition) is 4. The van der Waals surface area contributed by atoms with Crippen LogP contribution >= 0.6 is 0 Å². The predicted molar refractivity (Wildman–Crippen MR) is 55.6 cm³/mol. The summed E-state index contributed by atoms with van der Waals surface area (Å²) in [5.41, 5.74) is 0.787. The van der Waals surface area contributed by atoms with Crippen LogP contribution < -0.4 is 0 Å². The van der Waals surface area contributed by atoms with Gasteiger partial charge >= 0.3 is 0 Å². The van der Waals surface area contributed by atoms with Crippen LogP contribution in [-0.4, -0.2) is 41.8 Å². The second kappa shape index (κ2) is 6.55. The highest BCUT2D eigenvalue weighted by atomic mass is 16.5. The Kier molecular flexibility index (Phi) is 5.31. The van der Waals surface area contributed by atoms with E-state index in [2.05, 4.69) is 5.10 Å². The zero-order valence-corrected chi connectivity index (χ0v) is 9.22. The first-order valence-corrected chi connectivity index (χ1v) is 5.06. The summed E-state index contributed by atoms with van der Waals surface area (Å²) in [5.74, 6) is 0. The molecule has 1 rings (SSSR count). The zero-order valence-electron chi connectivity index (χ0n) is 9.22. The minimum Gasteiger partial charge on any atom is -0.384 e. The summed E-state index contributed by atoms with van der Waals surface area (Å²) in [5, 5.41) is 13.9. The lowest BCUT2D eigenvalue weighted by Gasteiger charge is -2.12. The van der Waals surface area contributed by atoms with Crippen molar-refractivity contribution in [1.82, 2.24) is 9.78 Å². The van der Waals surface area contributed by atoms with Crippen LogP contribution in [0.25, 0.3) is 0 Å². The molecule has 0 aliphatic heterocycles. The Bertz CT molecular complexity index is 275. The summed E-state index contributed by atoms with van der Waals surface area (Å²) in [6.45, 7) is 4.04. The number of ether oxygens (including phenoxy) is 2. The quantitative estimate of drug-likeness (QED) is 0.675. The highest BCUT2D eigenvalue weighted by Gasteiger charge is 2.12. The van der Waals surface area contributed by atoms with Crippen LogP contribution in [0.2, 0.25) is 0 Å². The van der Waals surface area contributed by atoms with Crippen LogP contribution in [0.3, 0.4) is 0 Å². The van der Waals surface area contributed by atoms with Gasteiger partial charge in [-0.1, -0.05) is 0 Å². The Morgan fingerprint density at radius 3 is 3.00 bits per heavy atom. The van der Waals surface area contributed by atoms with E-state index in [1.54, 1.807) is 24.1 Å². The number of aryl methyl sites for hydroxylation is 1. The normalized spacial score (nSPS) is 13.0. The molecule has 1 aromatic heterocycles. The Hall–Kier alpha value is -0.910. The first-order chi connectivity index (χ1) is 7.29. The van der Waals surface area contributed by atoms with Crippen LogP contribution in [0.5, 0.6) is 0 Å². The Morgan fingerprint density at radius 1 is 1.53 bits per heavy atom. The van der Waals surface area contributed by atoms with Crippen molar-refractivity contribution < 1.29 is 14.6 Å². The van der Waals surface area contributed by atoms with Crippen LogP contribution in [0, 0.1) is 0 Å². The van der Waals surface area contributed by atoms with Gasteiger partial charge in [0.25, 0.3) is 0 Å². The van der Waals surface area contributed by atoms with Crippen molar-refractivity contribution in [1.29, 1.82) is 0 Å². The molecule has 0 spiro atoms. The molecule has 0 fully saturated rings. The third-order valence-electron chi connectivity index (χ3n) is 2.10. The summed E-state index contributed by atoms with van der Waals surface area (Å²) in [7, 11) is 1.62. The van der Waals surface area contributed by atoms with Crippen molar-refractivity contribution in [3.05, 3.63) is 18.0 Å². The van der Waals surface area contributed by atoms with Crippen molar-refractivity contribution in [2.45, 2.75) is 19.6 Å². The van der Waals surface area contributed by atoms with Crippen molar-refractivity contribution in [3.63, 3.8) is 0 Å². The van der Waals surface area contributed by atoms with E-state index in [4.69, 9.17) is 9.47 Å². The molecular formula is C10H18N2O3. The summed E-state index contributed by atoms with van der Waals surface area (Å²) >= 11 is 0. The Morgan fingerprint density at radius 2 is 2.33 bits per heavy atom. The second-order valence-electron chi connectivity index (χ2n) is 3.16. The Balaban J connectivity index is 2.36. The molecule has 0 saturated carbocycles. The van der Waals surface area contributed by atoms with Gasteiger partial charge in [0.15, 0.2) is 0 Å². The topological polar surface area (TPSA) is 56.5 Å². The molecule has 0 aliphatic rings. The third kappa shape index (κ3) is 3.62. The van der Waals surface area contributed by atoms with Gasteiger partial charge in [0.05, 0.1) is 25.5 Å². The molecular weight excluding hydrogens is 196 g/mol. The van der Waals surface area contributed by atoms with E-state index in [0.29, 0.717) is 13.2 Å². The smallest absolute Gasteiger partial charge is 0.119 e. The van der Waals surface area contributed by atoms with Gasteiger partial charge < -0.3 is 14.6 Å². The maximum absolute atomic E-state index is 9.79.